The molecule has 4 rings (SSSR count). The number of nitrogens with zero attached hydrogens (tertiary/aromatic N) is 2. The Hall–Kier alpha value is -2.71. The van der Waals surface area contributed by atoms with Gasteiger partial charge in [0.25, 0.3) is 5.22 Å². The largest absolute Gasteiger partial charge is 0.486 e. The minimum atomic E-state index is -0.252. The number of nitrogens with one attached hydrogen (secondary N) is 1. The highest BCUT2D eigenvalue weighted by atomic mass is 35.5. The quantitative estimate of drug-likeness (QED) is 0.525. The predicted octanol–water partition coefficient (Wildman–Crippen LogP) is 5.19. The van der Waals surface area contributed by atoms with E-state index < -0.39 is 0 Å². The minimum absolute atomic E-state index is 0.0713. The number of aromatic nitrogens is 2. The Morgan fingerprint density at radius 3 is 2.45 bits per heavy atom. The van der Waals surface area contributed by atoms with Crippen molar-refractivity contribution in [3.8, 4) is 23.0 Å². The van der Waals surface area contributed by atoms with Crippen LogP contribution in [0.25, 0.3) is 11.5 Å². The fraction of sp³-hybridized carbons (Fsp3) is 0.318. The zero-order chi connectivity index (χ0) is 22.0. The lowest BCUT2D eigenvalue weighted by Crippen LogP contribution is -2.17. The molecule has 0 aliphatic carbocycles. The lowest BCUT2D eigenvalue weighted by molar-refractivity contribution is -0.113. The molecular formula is C22H22ClN3O4S. The zero-order valence-electron chi connectivity index (χ0n) is 17.4. The topological polar surface area (TPSA) is 86.5 Å². The first-order chi connectivity index (χ1) is 14.8. The molecular weight excluding hydrogens is 438 g/mol. The fourth-order valence-electron chi connectivity index (χ4n) is 2.97. The van der Waals surface area contributed by atoms with Crippen LogP contribution >= 0.6 is 23.4 Å². The van der Waals surface area contributed by atoms with E-state index in [1.54, 1.807) is 12.1 Å². The molecule has 0 unspecified atom stereocenters. The minimum Gasteiger partial charge on any atom is -0.486 e. The molecule has 9 heteroatoms. The molecule has 0 saturated carbocycles. The molecule has 1 aliphatic rings. The fourth-order valence-corrected chi connectivity index (χ4v) is 3.73. The summed E-state index contributed by atoms with van der Waals surface area (Å²) < 4.78 is 16.7. The summed E-state index contributed by atoms with van der Waals surface area (Å²) in [5.41, 5.74) is 2.59. The second-order valence-electron chi connectivity index (χ2n) is 8.01. The first-order valence-corrected chi connectivity index (χ1v) is 11.1. The molecule has 0 fully saturated rings. The van der Waals surface area contributed by atoms with Crippen molar-refractivity contribution in [3.63, 3.8) is 0 Å². The standard InChI is InChI=1S/C22H22ClN3O4S/c1-22(2,3)14-6-4-13(5-7-14)20-25-26-21(30-20)31-12-19(27)24-16-11-18-17(10-15(16)23)28-8-9-29-18/h4-7,10-11H,8-9,12H2,1-3H3,(H,24,27). The van der Waals surface area contributed by atoms with Gasteiger partial charge < -0.3 is 19.2 Å². The first-order valence-electron chi connectivity index (χ1n) is 9.76. The molecule has 31 heavy (non-hydrogen) atoms. The van der Waals surface area contributed by atoms with E-state index in [2.05, 4.69) is 48.4 Å². The third kappa shape index (κ3) is 5.14. The number of hydrogen-bond donors (Lipinski definition) is 1. The Labute approximate surface area is 189 Å². The highest BCUT2D eigenvalue weighted by Crippen LogP contribution is 2.38. The van der Waals surface area contributed by atoms with E-state index in [0.717, 1.165) is 17.3 Å². The first kappa shape index (κ1) is 21.5. The lowest BCUT2D eigenvalue weighted by atomic mass is 9.87. The van der Waals surface area contributed by atoms with Crippen molar-refractivity contribution in [1.82, 2.24) is 10.2 Å². The number of carbonyl (C=O) groups excluding carboxylic acids is 1. The summed E-state index contributed by atoms with van der Waals surface area (Å²) >= 11 is 7.39. The van der Waals surface area contributed by atoms with E-state index in [9.17, 15) is 4.79 Å². The number of ether oxygens (including phenoxy) is 2. The van der Waals surface area contributed by atoms with Crippen LogP contribution in [0.3, 0.4) is 0 Å². The highest BCUT2D eigenvalue weighted by molar-refractivity contribution is 7.99. The van der Waals surface area contributed by atoms with E-state index in [4.69, 9.17) is 25.5 Å². The normalized spacial score (nSPS) is 13.2. The average Bonchev–Trinajstić information content (AvgIpc) is 3.21. The van der Waals surface area contributed by atoms with Crippen molar-refractivity contribution in [1.29, 1.82) is 0 Å². The summed E-state index contributed by atoms with van der Waals surface area (Å²) in [6.07, 6.45) is 0. The molecule has 0 bridgehead atoms. The number of rotatable bonds is 5. The Balaban J connectivity index is 1.36. The Kier molecular flexibility index (Phi) is 6.11. The van der Waals surface area contributed by atoms with Gasteiger partial charge in [0.2, 0.25) is 11.8 Å². The van der Waals surface area contributed by atoms with Gasteiger partial charge in [-0.05, 0) is 23.1 Å². The maximum absolute atomic E-state index is 12.4. The van der Waals surface area contributed by atoms with Gasteiger partial charge >= 0.3 is 0 Å². The van der Waals surface area contributed by atoms with E-state index in [0.29, 0.717) is 46.5 Å². The zero-order valence-corrected chi connectivity index (χ0v) is 19.0. The SMILES string of the molecule is CC(C)(C)c1ccc(-c2nnc(SCC(=O)Nc3cc4c(cc3Cl)OCCO4)o2)cc1. The summed E-state index contributed by atoms with van der Waals surface area (Å²) in [5, 5.41) is 11.6. The lowest BCUT2D eigenvalue weighted by Gasteiger charge is -2.19. The highest BCUT2D eigenvalue weighted by Gasteiger charge is 2.18. The van der Waals surface area contributed by atoms with E-state index in [1.165, 1.54) is 5.56 Å². The number of amides is 1. The summed E-state index contributed by atoms with van der Waals surface area (Å²) in [7, 11) is 0. The van der Waals surface area contributed by atoms with Gasteiger partial charge in [0, 0.05) is 17.7 Å². The number of thioether (sulfide) groups is 1. The van der Waals surface area contributed by atoms with Crippen molar-refractivity contribution < 1.29 is 18.7 Å². The number of anilines is 1. The third-order valence-corrected chi connectivity index (χ3v) is 5.77. The van der Waals surface area contributed by atoms with Crippen LogP contribution in [-0.4, -0.2) is 35.1 Å². The molecule has 7 nitrogen and oxygen atoms in total. The number of carbonyl (C=O) groups is 1. The van der Waals surface area contributed by atoms with E-state index in [-0.39, 0.29) is 17.1 Å². The second kappa shape index (κ2) is 8.80. The van der Waals surface area contributed by atoms with Crippen molar-refractivity contribution >= 4 is 35.0 Å². The van der Waals surface area contributed by atoms with Crippen molar-refractivity contribution in [2.45, 2.75) is 31.4 Å². The van der Waals surface area contributed by atoms with E-state index >= 15 is 0 Å². The summed E-state index contributed by atoms with van der Waals surface area (Å²) in [4.78, 5) is 12.4. The van der Waals surface area contributed by atoms with Gasteiger partial charge in [0.15, 0.2) is 11.5 Å². The molecule has 1 amide bonds. The second-order valence-corrected chi connectivity index (χ2v) is 9.35. The van der Waals surface area contributed by atoms with Crippen molar-refractivity contribution in [3.05, 3.63) is 47.0 Å². The third-order valence-electron chi connectivity index (χ3n) is 4.64. The molecule has 0 saturated heterocycles. The number of hydrogen-bond acceptors (Lipinski definition) is 7. The smallest absolute Gasteiger partial charge is 0.277 e. The monoisotopic (exact) mass is 459 g/mol. The molecule has 0 radical (unpaired) electrons. The number of fused-ring (bicyclic) bond motifs is 1. The van der Waals surface area contributed by atoms with Crippen LogP contribution in [0, 0.1) is 0 Å². The van der Waals surface area contributed by atoms with Crippen molar-refractivity contribution in [2.24, 2.45) is 0 Å². The molecule has 162 valence electrons. The molecule has 0 spiro atoms. The number of benzene rings is 2. The maximum Gasteiger partial charge on any atom is 0.277 e. The van der Waals surface area contributed by atoms with Crippen LogP contribution in [-0.2, 0) is 10.2 Å². The van der Waals surface area contributed by atoms with Gasteiger partial charge in [-0.25, -0.2) is 0 Å². The predicted molar refractivity (Wildman–Crippen MR) is 120 cm³/mol. The van der Waals surface area contributed by atoms with Gasteiger partial charge in [0.05, 0.1) is 16.5 Å². The summed E-state index contributed by atoms with van der Waals surface area (Å²) in [6, 6.07) is 11.3. The van der Waals surface area contributed by atoms with Gasteiger partial charge in [0.1, 0.15) is 13.2 Å². The number of halogens is 1. The van der Waals surface area contributed by atoms with Gasteiger partial charge in [-0.2, -0.15) is 0 Å². The van der Waals surface area contributed by atoms with Crippen LogP contribution < -0.4 is 14.8 Å². The molecule has 1 aliphatic heterocycles. The van der Waals surface area contributed by atoms with Crippen LogP contribution in [0.2, 0.25) is 5.02 Å². The molecule has 2 heterocycles. The van der Waals surface area contributed by atoms with Gasteiger partial charge in [-0.15, -0.1) is 10.2 Å². The molecule has 1 N–H and O–H groups in total. The summed E-state index contributed by atoms with van der Waals surface area (Å²) in [5.74, 6) is 1.38. The summed E-state index contributed by atoms with van der Waals surface area (Å²) in [6.45, 7) is 7.40. The molecule has 2 aromatic carbocycles. The van der Waals surface area contributed by atoms with Crippen LogP contribution in [0.1, 0.15) is 26.3 Å². The van der Waals surface area contributed by atoms with Crippen LogP contribution in [0.15, 0.2) is 46.0 Å². The van der Waals surface area contributed by atoms with Gasteiger partial charge in [-0.3, -0.25) is 4.79 Å². The van der Waals surface area contributed by atoms with Crippen LogP contribution in [0.5, 0.6) is 11.5 Å². The van der Waals surface area contributed by atoms with Gasteiger partial charge in [-0.1, -0.05) is 56.3 Å². The maximum atomic E-state index is 12.4. The Morgan fingerprint density at radius 2 is 1.77 bits per heavy atom. The van der Waals surface area contributed by atoms with E-state index in [1.807, 2.05) is 12.1 Å². The molecule has 0 atom stereocenters. The van der Waals surface area contributed by atoms with Crippen molar-refractivity contribution in [2.75, 3.05) is 24.3 Å². The Morgan fingerprint density at radius 1 is 1.10 bits per heavy atom. The average molecular weight is 460 g/mol. The Bertz CT molecular complexity index is 1090. The molecule has 1 aromatic heterocycles. The molecule has 3 aromatic rings. The van der Waals surface area contributed by atoms with Crippen LogP contribution in [0.4, 0.5) is 5.69 Å².